The molecule has 0 radical (unpaired) electrons. The Hall–Kier alpha value is -2.62. The number of halogens is 1. The van der Waals surface area contributed by atoms with Gasteiger partial charge in [-0.1, -0.05) is 29.8 Å². The van der Waals surface area contributed by atoms with Crippen molar-refractivity contribution >= 4 is 33.2 Å². The van der Waals surface area contributed by atoms with Crippen LogP contribution in [0.3, 0.4) is 0 Å². The standard InChI is InChI=1S/C30H34ClN3O5S/c31-28-10-7-23-24(32-28)2-1-11-30(23)16-34-14-20-3-6-22(20)26(35)8-4-18-12-21(18)15-40(37,38)33-29(36)19-5-9-27(39-17-30)25(34)13-19/h4-5,7-10,13,18,20-22,26,35H,1-3,6,11-12,14-17H2,(H,33,36)/b8-4+/t18-,20+,21-,22-,26+,30+/m1/s1. The van der Waals surface area contributed by atoms with Crippen LogP contribution < -0.4 is 14.4 Å². The molecule has 1 spiro atoms. The monoisotopic (exact) mass is 583 g/mol. The zero-order valence-corrected chi connectivity index (χ0v) is 23.8. The van der Waals surface area contributed by atoms with E-state index >= 15 is 0 Å². The first-order valence-corrected chi connectivity index (χ1v) is 16.3. The van der Waals surface area contributed by atoms with Crippen molar-refractivity contribution in [3.8, 4) is 5.75 Å². The molecule has 8 nitrogen and oxygen atoms in total. The summed E-state index contributed by atoms with van der Waals surface area (Å²) in [5, 5.41) is 11.6. The lowest BCUT2D eigenvalue weighted by molar-refractivity contribution is 0.0455. The number of aromatic nitrogens is 1. The second-order valence-electron chi connectivity index (χ2n) is 12.4. The molecule has 212 valence electrons. The lowest BCUT2D eigenvalue weighted by Gasteiger charge is -2.45. The number of aliphatic hydroxyl groups is 1. The Morgan fingerprint density at radius 3 is 2.85 bits per heavy atom. The SMILES string of the molecule is O=C1NS(=O)(=O)C[C@H]2C[C@H]2/C=C/[C@H](O)[C@@H]2CC[C@H]2CN2C[C@@]3(CCCc4nc(Cl)ccc43)COc3ccc1cc32. The van der Waals surface area contributed by atoms with Gasteiger partial charge in [0, 0.05) is 29.8 Å². The predicted molar refractivity (Wildman–Crippen MR) is 152 cm³/mol. The summed E-state index contributed by atoms with van der Waals surface area (Å²) >= 11 is 6.26. The molecule has 0 unspecified atom stereocenters. The number of anilines is 1. The number of aliphatic hydroxyl groups excluding tert-OH is 1. The number of nitrogens with zero attached hydrogens (tertiary/aromatic N) is 2. The molecule has 7 rings (SSSR count). The summed E-state index contributed by atoms with van der Waals surface area (Å²) in [7, 11) is -3.80. The molecule has 10 heteroatoms. The predicted octanol–water partition coefficient (Wildman–Crippen LogP) is 3.86. The van der Waals surface area contributed by atoms with E-state index in [0.717, 1.165) is 55.5 Å². The van der Waals surface area contributed by atoms with E-state index in [4.69, 9.17) is 16.3 Å². The third-order valence-corrected chi connectivity index (χ3v) is 11.3. The third-order valence-electron chi connectivity index (χ3n) is 9.72. The maximum Gasteiger partial charge on any atom is 0.264 e. The minimum Gasteiger partial charge on any atom is -0.490 e. The summed E-state index contributed by atoms with van der Waals surface area (Å²) in [4.78, 5) is 20.1. The summed E-state index contributed by atoms with van der Waals surface area (Å²) in [6.45, 7) is 1.84. The molecule has 2 N–H and O–H groups in total. The molecular formula is C30H34ClN3O5S. The molecule has 3 aliphatic carbocycles. The lowest BCUT2D eigenvalue weighted by atomic mass is 9.69. The molecule has 0 saturated heterocycles. The number of allylic oxidation sites excluding steroid dienone is 1. The highest BCUT2D eigenvalue weighted by Gasteiger charge is 2.45. The van der Waals surface area contributed by atoms with E-state index < -0.39 is 22.0 Å². The number of hydrogen-bond acceptors (Lipinski definition) is 7. The van der Waals surface area contributed by atoms with Gasteiger partial charge in [-0.25, -0.2) is 18.1 Å². The number of sulfonamides is 1. The van der Waals surface area contributed by atoms with Crippen LogP contribution in [0.5, 0.6) is 5.75 Å². The van der Waals surface area contributed by atoms with E-state index in [0.29, 0.717) is 30.6 Å². The van der Waals surface area contributed by atoms with Crippen LogP contribution in [0.1, 0.15) is 53.7 Å². The van der Waals surface area contributed by atoms with E-state index in [9.17, 15) is 18.3 Å². The molecule has 6 atom stereocenters. The van der Waals surface area contributed by atoms with Gasteiger partial charge in [-0.3, -0.25) is 4.79 Å². The first-order chi connectivity index (χ1) is 19.2. The molecule has 2 fully saturated rings. The lowest BCUT2D eigenvalue weighted by Crippen LogP contribution is -2.49. The van der Waals surface area contributed by atoms with Crippen molar-refractivity contribution in [2.75, 3.05) is 30.3 Å². The van der Waals surface area contributed by atoms with Crippen LogP contribution >= 0.6 is 11.6 Å². The van der Waals surface area contributed by atoms with Crippen LogP contribution in [0.2, 0.25) is 5.15 Å². The third kappa shape index (κ3) is 4.80. The second kappa shape index (κ2) is 9.74. The van der Waals surface area contributed by atoms with E-state index in [-0.39, 0.29) is 40.4 Å². The van der Waals surface area contributed by atoms with Crippen LogP contribution in [0.25, 0.3) is 0 Å². The van der Waals surface area contributed by atoms with Crippen LogP contribution in [0, 0.1) is 23.7 Å². The Morgan fingerprint density at radius 1 is 1.15 bits per heavy atom. The van der Waals surface area contributed by atoms with Crippen LogP contribution in [0.15, 0.2) is 42.5 Å². The fraction of sp³-hybridized carbons (Fsp3) is 0.533. The molecule has 2 bridgehead atoms. The van der Waals surface area contributed by atoms with Crippen LogP contribution in [-0.2, 0) is 21.9 Å². The molecule has 1 aromatic carbocycles. The molecule has 40 heavy (non-hydrogen) atoms. The summed E-state index contributed by atoms with van der Waals surface area (Å²) in [5.41, 5.74) is 2.91. The van der Waals surface area contributed by atoms with Crippen molar-refractivity contribution in [3.05, 3.63) is 64.5 Å². The molecule has 2 saturated carbocycles. The normalized spacial score (nSPS) is 35.1. The zero-order valence-electron chi connectivity index (χ0n) is 22.3. The topological polar surface area (TPSA) is 109 Å². The quantitative estimate of drug-likeness (QED) is 0.358. The zero-order chi connectivity index (χ0) is 27.6. The number of nitrogens with one attached hydrogen (secondary N) is 1. The number of hydrogen-bond donors (Lipinski definition) is 2. The Balaban J connectivity index is 1.29. The van der Waals surface area contributed by atoms with Gasteiger partial charge in [-0.2, -0.15) is 0 Å². The molecular weight excluding hydrogens is 550 g/mol. The Labute approximate surface area is 239 Å². The van der Waals surface area contributed by atoms with Gasteiger partial charge in [0.05, 0.1) is 24.2 Å². The molecule has 1 aromatic heterocycles. The van der Waals surface area contributed by atoms with Gasteiger partial charge in [0.1, 0.15) is 10.9 Å². The maximum atomic E-state index is 13.2. The van der Waals surface area contributed by atoms with Crippen molar-refractivity contribution < 1.29 is 23.1 Å². The molecule has 5 aliphatic rings. The van der Waals surface area contributed by atoms with Crippen LogP contribution in [0.4, 0.5) is 5.69 Å². The fourth-order valence-electron chi connectivity index (χ4n) is 7.27. The van der Waals surface area contributed by atoms with Crippen molar-refractivity contribution in [2.45, 2.75) is 50.0 Å². The van der Waals surface area contributed by atoms with Gasteiger partial charge in [0.2, 0.25) is 10.0 Å². The smallest absolute Gasteiger partial charge is 0.264 e. The summed E-state index contributed by atoms with van der Waals surface area (Å²) in [6.07, 6.45) is 8.77. The minimum atomic E-state index is -3.80. The Bertz CT molecular complexity index is 1500. The fourth-order valence-corrected chi connectivity index (χ4v) is 8.87. The molecule has 3 heterocycles. The number of pyridine rings is 1. The number of aryl methyl sites for hydroxylation is 1. The number of benzene rings is 1. The van der Waals surface area contributed by atoms with Gasteiger partial charge in [-0.05, 0) is 92.0 Å². The summed E-state index contributed by atoms with van der Waals surface area (Å²) in [6, 6.07) is 9.10. The highest BCUT2D eigenvalue weighted by molar-refractivity contribution is 7.90. The number of rotatable bonds is 0. The van der Waals surface area contributed by atoms with E-state index in [1.165, 1.54) is 0 Å². The van der Waals surface area contributed by atoms with Gasteiger partial charge in [0.25, 0.3) is 5.91 Å². The minimum absolute atomic E-state index is 0.0336. The van der Waals surface area contributed by atoms with Crippen molar-refractivity contribution in [1.29, 1.82) is 0 Å². The van der Waals surface area contributed by atoms with Gasteiger partial charge >= 0.3 is 0 Å². The number of amides is 1. The van der Waals surface area contributed by atoms with Crippen molar-refractivity contribution in [2.24, 2.45) is 23.7 Å². The average Bonchev–Trinajstić information content (AvgIpc) is 3.65. The van der Waals surface area contributed by atoms with E-state index in [2.05, 4.69) is 20.7 Å². The van der Waals surface area contributed by atoms with E-state index in [1.807, 2.05) is 18.2 Å². The molecule has 1 amide bonds. The van der Waals surface area contributed by atoms with Gasteiger partial charge in [0.15, 0.2) is 0 Å². The van der Waals surface area contributed by atoms with Crippen LogP contribution in [-0.4, -0.2) is 56.0 Å². The Morgan fingerprint density at radius 2 is 2.02 bits per heavy atom. The maximum absolute atomic E-state index is 13.2. The Kier molecular flexibility index (Phi) is 6.40. The first-order valence-electron chi connectivity index (χ1n) is 14.3. The summed E-state index contributed by atoms with van der Waals surface area (Å²) < 4.78 is 34.4. The number of carbonyl (C=O) groups excluding carboxylic acids is 1. The molecule has 2 aliphatic heterocycles. The average molecular weight is 584 g/mol. The van der Waals surface area contributed by atoms with Gasteiger partial charge < -0.3 is 14.7 Å². The highest BCUT2D eigenvalue weighted by Crippen LogP contribution is 2.47. The van der Waals surface area contributed by atoms with Crippen molar-refractivity contribution in [3.63, 3.8) is 0 Å². The molecule has 2 aromatic rings. The number of fused-ring (bicyclic) bond motifs is 5. The number of carbonyl (C=O) groups is 1. The number of ether oxygens (including phenoxy) is 1. The highest BCUT2D eigenvalue weighted by atomic mass is 35.5. The van der Waals surface area contributed by atoms with Crippen molar-refractivity contribution in [1.82, 2.24) is 9.71 Å². The second-order valence-corrected chi connectivity index (χ2v) is 14.5. The van der Waals surface area contributed by atoms with E-state index in [1.54, 1.807) is 18.2 Å². The summed E-state index contributed by atoms with van der Waals surface area (Å²) in [5.74, 6) is 0.456. The first kappa shape index (κ1) is 26.3. The largest absolute Gasteiger partial charge is 0.490 e. The van der Waals surface area contributed by atoms with Gasteiger partial charge in [-0.15, -0.1) is 0 Å².